The van der Waals surface area contributed by atoms with Crippen molar-refractivity contribution < 1.29 is 14.3 Å². The molecular formula is C22H28N2O3. The van der Waals surface area contributed by atoms with Gasteiger partial charge in [-0.1, -0.05) is 36.4 Å². The van der Waals surface area contributed by atoms with Crippen LogP contribution in [0.3, 0.4) is 0 Å². The zero-order chi connectivity index (χ0) is 19.1. The van der Waals surface area contributed by atoms with Crippen molar-refractivity contribution in [3.8, 4) is 11.5 Å². The molecule has 2 aromatic rings. The topological polar surface area (TPSA) is 59.6 Å². The average molecular weight is 368 g/mol. The van der Waals surface area contributed by atoms with Crippen LogP contribution >= 0.6 is 0 Å². The molecule has 2 aromatic carbocycles. The molecular weight excluding hydrogens is 340 g/mol. The number of piperidine rings is 1. The van der Waals surface area contributed by atoms with E-state index < -0.39 is 0 Å². The lowest BCUT2D eigenvalue weighted by Crippen LogP contribution is -2.42. The maximum Gasteiger partial charge on any atom is 0.224 e. The molecule has 0 aliphatic carbocycles. The summed E-state index contributed by atoms with van der Waals surface area (Å²) in [5, 5.41) is 6.58. The lowest BCUT2D eigenvalue weighted by Gasteiger charge is -2.26. The van der Waals surface area contributed by atoms with E-state index in [1.807, 2.05) is 36.4 Å². The molecule has 1 aliphatic heterocycles. The predicted molar refractivity (Wildman–Crippen MR) is 106 cm³/mol. The minimum Gasteiger partial charge on any atom is -0.493 e. The van der Waals surface area contributed by atoms with E-state index in [2.05, 4.69) is 22.8 Å². The monoisotopic (exact) mass is 368 g/mol. The second-order valence-electron chi connectivity index (χ2n) is 6.91. The molecule has 2 atom stereocenters. The van der Waals surface area contributed by atoms with Gasteiger partial charge >= 0.3 is 0 Å². The van der Waals surface area contributed by atoms with Gasteiger partial charge in [0.15, 0.2) is 11.5 Å². The molecule has 144 valence electrons. The number of rotatable bonds is 7. The van der Waals surface area contributed by atoms with Gasteiger partial charge in [-0.05, 0) is 49.1 Å². The van der Waals surface area contributed by atoms with Gasteiger partial charge in [-0.15, -0.1) is 0 Å². The molecule has 0 radical (unpaired) electrons. The van der Waals surface area contributed by atoms with Crippen molar-refractivity contribution in [1.82, 2.24) is 10.6 Å². The van der Waals surface area contributed by atoms with Gasteiger partial charge in [-0.3, -0.25) is 4.79 Å². The molecule has 1 amide bonds. The quantitative estimate of drug-likeness (QED) is 0.788. The smallest absolute Gasteiger partial charge is 0.224 e. The summed E-state index contributed by atoms with van der Waals surface area (Å²) >= 11 is 0. The summed E-state index contributed by atoms with van der Waals surface area (Å²) in [4.78, 5) is 12.8. The summed E-state index contributed by atoms with van der Waals surface area (Å²) in [5.74, 6) is 1.56. The summed E-state index contributed by atoms with van der Waals surface area (Å²) in [5.41, 5.74) is 2.19. The van der Waals surface area contributed by atoms with Crippen molar-refractivity contribution in [2.45, 2.75) is 25.3 Å². The van der Waals surface area contributed by atoms with Crippen LogP contribution in [0.5, 0.6) is 11.5 Å². The number of methoxy groups -OCH3 is 2. The zero-order valence-electron chi connectivity index (χ0n) is 16.0. The van der Waals surface area contributed by atoms with E-state index in [1.165, 1.54) is 0 Å². The fourth-order valence-electron chi connectivity index (χ4n) is 3.55. The third-order valence-corrected chi connectivity index (χ3v) is 5.07. The second kappa shape index (κ2) is 9.42. The standard InChI is InChI=1S/C22H28N2O3/c1-26-20-11-10-16(14-21(20)27-2)13-19(17-7-4-3-5-8-17)24-22(25)18-9-6-12-23-15-18/h3-5,7-8,10-11,14,18-19,23H,6,9,12-13,15H2,1-2H3,(H,24,25). The highest BCUT2D eigenvalue weighted by atomic mass is 16.5. The first-order valence-corrected chi connectivity index (χ1v) is 9.48. The Morgan fingerprint density at radius 2 is 1.93 bits per heavy atom. The van der Waals surface area contributed by atoms with Gasteiger partial charge in [0.25, 0.3) is 0 Å². The summed E-state index contributed by atoms with van der Waals surface area (Å²) in [6.45, 7) is 1.75. The minimum atomic E-state index is -0.0845. The average Bonchev–Trinajstić information content (AvgIpc) is 2.74. The van der Waals surface area contributed by atoms with Gasteiger partial charge in [-0.2, -0.15) is 0 Å². The van der Waals surface area contributed by atoms with Crippen LogP contribution in [0.25, 0.3) is 0 Å². The fourth-order valence-corrected chi connectivity index (χ4v) is 3.55. The molecule has 27 heavy (non-hydrogen) atoms. The van der Waals surface area contributed by atoms with Crippen molar-refractivity contribution >= 4 is 5.91 Å². The molecule has 0 saturated carbocycles. The van der Waals surface area contributed by atoms with Gasteiger partial charge in [0.05, 0.1) is 26.2 Å². The van der Waals surface area contributed by atoms with E-state index in [1.54, 1.807) is 14.2 Å². The molecule has 0 aromatic heterocycles. The highest BCUT2D eigenvalue weighted by Gasteiger charge is 2.24. The third-order valence-electron chi connectivity index (χ3n) is 5.07. The molecule has 5 heteroatoms. The van der Waals surface area contributed by atoms with Crippen LogP contribution in [-0.4, -0.2) is 33.2 Å². The van der Waals surface area contributed by atoms with Crippen LogP contribution < -0.4 is 20.1 Å². The van der Waals surface area contributed by atoms with Gasteiger partial charge in [0.2, 0.25) is 5.91 Å². The Balaban J connectivity index is 1.79. The van der Waals surface area contributed by atoms with Crippen LogP contribution in [0, 0.1) is 5.92 Å². The summed E-state index contributed by atoms with van der Waals surface area (Å²) in [7, 11) is 3.26. The highest BCUT2D eigenvalue weighted by Crippen LogP contribution is 2.30. The van der Waals surface area contributed by atoms with Crippen LogP contribution in [0.15, 0.2) is 48.5 Å². The van der Waals surface area contributed by atoms with E-state index in [0.29, 0.717) is 17.9 Å². The maximum atomic E-state index is 12.8. The summed E-state index contributed by atoms with van der Waals surface area (Å²) < 4.78 is 10.7. The number of carbonyl (C=O) groups excluding carboxylic acids is 1. The van der Waals surface area contributed by atoms with Gasteiger partial charge in [0, 0.05) is 6.54 Å². The Labute approximate surface area is 161 Å². The number of hydrogen-bond acceptors (Lipinski definition) is 4. The van der Waals surface area contributed by atoms with Crippen molar-refractivity contribution in [1.29, 1.82) is 0 Å². The Hall–Kier alpha value is -2.53. The number of carbonyl (C=O) groups is 1. The van der Waals surface area contributed by atoms with E-state index in [0.717, 1.165) is 37.1 Å². The van der Waals surface area contributed by atoms with E-state index in [4.69, 9.17) is 9.47 Å². The molecule has 1 aliphatic rings. The van der Waals surface area contributed by atoms with E-state index >= 15 is 0 Å². The third kappa shape index (κ3) is 5.01. The number of ether oxygens (including phenoxy) is 2. The molecule has 1 saturated heterocycles. The molecule has 2 unspecified atom stereocenters. The fraction of sp³-hybridized carbons (Fsp3) is 0.409. The summed E-state index contributed by atoms with van der Waals surface area (Å²) in [6.07, 6.45) is 2.68. The first-order valence-electron chi connectivity index (χ1n) is 9.48. The predicted octanol–water partition coefficient (Wildman–Crippen LogP) is 3.10. The first kappa shape index (κ1) is 19.2. The molecule has 3 rings (SSSR count). The number of nitrogens with one attached hydrogen (secondary N) is 2. The highest BCUT2D eigenvalue weighted by molar-refractivity contribution is 5.79. The van der Waals surface area contributed by atoms with Gasteiger partial charge in [0.1, 0.15) is 0 Å². The lowest BCUT2D eigenvalue weighted by molar-refractivity contribution is -0.126. The maximum absolute atomic E-state index is 12.8. The molecule has 1 fully saturated rings. The molecule has 0 bridgehead atoms. The summed E-state index contributed by atoms with van der Waals surface area (Å²) in [6, 6.07) is 15.9. The van der Waals surface area contributed by atoms with Gasteiger partial charge in [-0.25, -0.2) is 0 Å². The van der Waals surface area contributed by atoms with Crippen molar-refractivity contribution in [3.05, 3.63) is 59.7 Å². The Morgan fingerprint density at radius 3 is 2.59 bits per heavy atom. The number of hydrogen-bond donors (Lipinski definition) is 2. The van der Waals surface area contributed by atoms with Crippen molar-refractivity contribution in [3.63, 3.8) is 0 Å². The SMILES string of the molecule is COc1ccc(CC(NC(=O)C2CCCNC2)c2ccccc2)cc1OC. The Kier molecular flexibility index (Phi) is 6.71. The zero-order valence-corrected chi connectivity index (χ0v) is 16.0. The molecule has 5 nitrogen and oxygen atoms in total. The normalized spacial score (nSPS) is 17.8. The van der Waals surface area contributed by atoms with Crippen LogP contribution in [-0.2, 0) is 11.2 Å². The Morgan fingerprint density at radius 1 is 1.15 bits per heavy atom. The lowest BCUT2D eigenvalue weighted by atomic mass is 9.95. The molecule has 1 heterocycles. The van der Waals surface area contributed by atoms with E-state index in [9.17, 15) is 4.79 Å². The van der Waals surface area contributed by atoms with Crippen LogP contribution in [0.1, 0.15) is 30.0 Å². The van der Waals surface area contributed by atoms with Crippen molar-refractivity contribution in [2.24, 2.45) is 5.92 Å². The second-order valence-corrected chi connectivity index (χ2v) is 6.91. The van der Waals surface area contributed by atoms with E-state index in [-0.39, 0.29) is 17.9 Å². The first-order chi connectivity index (χ1) is 13.2. The largest absolute Gasteiger partial charge is 0.493 e. The van der Waals surface area contributed by atoms with Gasteiger partial charge < -0.3 is 20.1 Å². The molecule has 2 N–H and O–H groups in total. The van der Waals surface area contributed by atoms with Crippen LogP contribution in [0.2, 0.25) is 0 Å². The molecule has 0 spiro atoms. The van der Waals surface area contributed by atoms with Crippen LogP contribution in [0.4, 0.5) is 0 Å². The van der Waals surface area contributed by atoms with Crippen molar-refractivity contribution in [2.75, 3.05) is 27.3 Å². The number of amides is 1. The minimum absolute atomic E-state index is 0.0374. The Bertz CT molecular complexity index is 742. The number of benzene rings is 2.